The quantitative estimate of drug-likeness (QED) is 0.345. The predicted molar refractivity (Wildman–Crippen MR) is 130 cm³/mol. The number of amides is 1. The standard InChI is InChI=1S/C22H28N4O3.HI/c1-4-29-19-10-9-18(13-20(19)28-3)25-22(23-2)24-14-21(27)26-12-11-16-7-5-6-8-17(16)15-26;/h5-10,13H,4,11-12,14-15H2,1-3H3,(H2,23,24,25);1H. The highest BCUT2D eigenvalue weighted by Gasteiger charge is 2.20. The van der Waals surface area contributed by atoms with Crippen LogP contribution in [-0.4, -0.2) is 50.6 Å². The van der Waals surface area contributed by atoms with E-state index in [1.54, 1.807) is 14.2 Å². The van der Waals surface area contributed by atoms with Gasteiger partial charge in [-0.2, -0.15) is 0 Å². The number of methoxy groups -OCH3 is 1. The number of fused-ring (bicyclic) bond motifs is 1. The summed E-state index contributed by atoms with van der Waals surface area (Å²) in [6, 6.07) is 13.8. The lowest BCUT2D eigenvalue weighted by Gasteiger charge is -2.29. The summed E-state index contributed by atoms with van der Waals surface area (Å²) in [5.41, 5.74) is 3.33. The SMILES string of the molecule is CCOc1ccc(NC(=NC)NCC(=O)N2CCc3ccccc3C2)cc1OC.I. The normalized spacial score (nSPS) is 13.0. The van der Waals surface area contributed by atoms with Crippen LogP contribution in [0.3, 0.4) is 0 Å². The van der Waals surface area contributed by atoms with E-state index in [1.807, 2.05) is 42.2 Å². The molecule has 2 N–H and O–H groups in total. The van der Waals surface area contributed by atoms with Gasteiger partial charge in [0.05, 0.1) is 20.3 Å². The lowest BCUT2D eigenvalue weighted by Crippen LogP contribution is -2.44. The Morgan fingerprint density at radius 3 is 2.63 bits per heavy atom. The molecule has 1 amide bonds. The number of ether oxygens (including phenoxy) is 2. The Hall–Kier alpha value is -2.49. The second kappa shape index (κ2) is 11.6. The number of carbonyl (C=O) groups is 1. The van der Waals surface area contributed by atoms with Gasteiger partial charge in [-0.15, -0.1) is 24.0 Å². The van der Waals surface area contributed by atoms with E-state index in [9.17, 15) is 4.79 Å². The van der Waals surface area contributed by atoms with Gasteiger partial charge in [0.15, 0.2) is 17.5 Å². The molecule has 2 aromatic rings. The fourth-order valence-corrected chi connectivity index (χ4v) is 3.32. The predicted octanol–water partition coefficient (Wildman–Crippen LogP) is 3.28. The van der Waals surface area contributed by atoms with Gasteiger partial charge in [0.1, 0.15) is 0 Å². The molecule has 2 aromatic carbocycles. The Morgan fingerprint density at radius 2 is 1.93 bits per heavy atom. The Labute approximate surface area is 194 Å². The van der Waals surface area contributed by atoms with Gasteiger partial charge >= 0.3 is 0 Å². The van der Waals surface area contributed by atoms with Crippen molar-refractivity contribution in [3.8, 4) is 11.5 Å². The lowest BCUT2D eigenvalue weighted by molar-refractivity contribution is -0.130. The van der Waals surface area contributed by atoms with Gasteiger partial charge in [-0.1, -0.05) is 24.3 Å². The van der Waals surface area contributed by atoms with Crippen LogP contribution in [0.5, 0.6) is 11.5 Å². The summed E-state index contributed by atoms with van der Waals surface area (Å²) in [7, 11) is 3.27. The first-order chi connectivity index (χ1) is 14.1. The van der Waals surface area contributed by atoms with Crippen molar-refractivity contribution in [3.05, 3.63) is 53.6 Å². The van der Waals surface area contributed by atoms with Gasteiger partial charge in [0.25, 0.3) is 0 Å². The zero-order valence-electron chi connectivity index (χ0n) is 17.6. The number of carbonyl (C=O) groups excluding carboxylic acids is 1. The van der Waals surface area contributed by atoms with Crippen LogP contribution in [-0.2, 0) is 17.8 Å². The maximum Gasteiger partial charge on any atom is 0.242 e. The first-order valence-corrected chi connectivity index (χ1v) is 9.77. The number of hydrogen-bond acceptors (Lipinski definition) is 4. The van der Waals surface area contributed by atoms with Gasteiger partial charge in [0.2, 0.25) is 5.91 Å². The van der Waals surface area contributed by atoms with Gasteiger partial charge < -0.3 is 25.0 Å². The zero-order chi connectivity index (χ0) is 20.6. The highest BCUT2D eigenvalue weighted by molar-refractivity contribution is 14.0. The van der Waals surface area contributed by atoms with Crippen molar-refractivity contribution in [3.63, 3.8) is 0 Å². The van der Waals surface area contributed by atoms with Crippen LogP contribution in [0.25, 0.3) is 0 Å². The van der Waals surface area contributed by atoms with Crippen molar-refractivity contribution >= 4 is 41.5 Å². The van der Waals surface area contributed by atoms with Crippen molar-refractivity contribution in [2.75, 3.05) is 39.2 Å². The molecule has 0 aromatic heterocycles. The molecule has 1 aliphatic rings. The summed E-state index contributed by atoms with van der Waals surface area (Å²) in [4.78, 5) is 18.7. The average molecular weight is 524 g/mol. The van der Waals surface area contributed by atoms with E-state index in [2.05, 4.69) is 27.8 Å². The number of benzene rings is 2. The van der Waals surface area contributed by atoms with Crippen LogP contribution in [0.4, 0.5) is 5.69 Å². The van der Waals surface area contributed by atoms with E-state index in [0.29, 0.717) is 30.6 Å². The number of anilines is 1. The molecule has 0 saturated heterocycles. The molecule has 0 spiro atoms. The van der Waals surface area contributed by atoms with Gasteiger partial charge in [-0.25, -0.2) is 0 Å². The molecular weight excluding hydrogens is 495 g/mol. The van der Waals surface area contributed by atoms with Crippen LogP contribution in [0.1, 0.15) is 18.1 Å². The van der Waals surface area contributed by atoms with E-state index < -0.39 is 0 Å². The molecule has 0 radical (unpaired) electrons. The number of aliphatic imine (C=N–C) groups is 1. The van der Waals surface area contributed by atoms with E-state index in [-0.39, 0.29) is 36.4 Å². The first-order valence-electron chi connectivity index (χ1n) is 9.77. The summed E-state index contributed by atoms with van der Waals surface area (Å²) in [5, 5.41) is 6.27. The highest BCUT2D eigenvalue weighted by atomic mass is 127. The van der Waals surface area contributed by atoms with Crippen molar-refractivity contribution in [2.45, 2.75) is 19.9 Å². The smallest absolute Gasteiger partial charge is 0.242 e. The molecule has 1 heterocycles. The van der Waals surface area contributed by atoms with Crippen molar-refractivity contribution in [1.82, 2.24) is 10.2 Å². The molecule has 162 valence electrons. The number of nitrogens with zero attached hydrogens (tertiary/aromatic N) is 2. The third-order valence-electron chi connectivity index (χ3n) is 4.84. The Morgan fingerprint density at radius 1 is 1.17 bits per heavy atom. The van der Waals surface area contributed by atoms with Crippen molar-refractivity contribution in [1.29, 1.82) is 0 Å². The van der Waals surface area contributed by atoms with E-state index in [4.69, 9.17) is 9.47 Å². The second-order valence-corrected chi connectivity index (χ2v) is 6.68. The van der Waals surface area contributed by atoms with E-state index in [1.165, 1.54) is 11.1 Å². The minimum absolute atomic E-state index is 0. The van der Waals surface area contributed by atoms with Crippen LogP contribution >= 0.6 is 24.0 Å². The molecule has 30 heavy (non-hydrogen) atoms. The maximum absolute atomic E-state index is 12.6. The van der Waals surface area contributed by atoms with Crippen molar-refractivity contribution in [2.24, 2.45) is 4.99 Å². The molecule has 1 aliphatic heterocycles. The Balaban J connectivity index is 0.00000320. The third kappa shape index (κ3) is 6.01. The number of halogens is 1. The fourth-order valence-electron chi connectivity index (χ4n) is 3.32. The minimum Gasteiger partial charge on any atom is -0.493 e. The van der Waals surface area contributed by atoms with Crippen LogP contribution in [0.2, 0.25) is 0 Å². The topological polar surface area (TPSA) is 75.2 Å². The molecule has 3 rings (SSSR count). The molecule has 0 aliphatic carbocycles. The molecule has 0 unspecified atom stereocenters. The first kappa shape index (κ1) is 23.8. The van der Waals surface area contributed by atoms with Gasteiger partial charge in [-0.05, 0) is 36.6 Å². The molecular formula is C22H29IN4O3. The number of nitrogens with one attached hydrogen (secondary N) is 2. The Kier molecular flexibility index (Phi) is 9.22. The van der Waals surface area contributed by atoms with Crippen LogP contribution in [0, 0.1) is 0 Å². The Bertz CT molecular complexity index is 888. The van der Waals surface area contributed by atoms with Crippen molar-refractivity contribution < 1.29 is 14.3 Å². The monoisotopic (exact) mass is 524 g/mol. The average Bonchev–Trinajstić information content (AvgIpc) is 2.77. The summed E-state index contributed by atoms with van der Waals surface area (Å²) in [6.07, 6.45) is 0.890. The highest BCUT2D eigenvalue weighted by Crippen LogP contribution is 2.30. The van der Waals surface area contributed by atoms with Crippen LogP contribution < -0.4 is 20.1 Å². The largest absolute Gasteiger partial charge is 0.493 e. The number of hydrogen-bond donors (Lipinski definition) is 2. The fraction of sp³-hybridized carbons (Fsp3) is 0.364. The summed E-state index contributed by atoms with van der Waals surface area (Å²) >= 11 is 0. The zero-order valence-corrected chi connectivity index (χ0v) is 19.9. The summed E-state index contributed by atoms with van der Waals surface area (Å²) in [6.45, 7) is 4.05. The summed E-state index contributed by atoms with van der Waals surface area (Å²) in [5.74, 6) is 1.88. The second-order valence-electron chi connectivity index (χ2n) is 6.68. The van der Waals surface area contributed by atoms with E-state index >= 15 is 0 Å². The van der Waals surface area contributed by atoms with Crippen LogP contribution in [0.15, 0.2) is 47.5 Å². The molecule has 7 nitrogen and oxygen atoms in total. The molecule has 0 fully saturated rings. The number of guanidine groups is 1. The van der Waals surface area contributed by atoms with Gasteiger partial charge in [0, 0.05) is 31.9 Å². The lowest BCUT2D eigenvalue weighted by atomic mass is 10.00. The van der Waals surface area contributed by atoms with Gasteiger partial charge in [-0.3, -0.25) is 9.79 Å². The van der Waals surface area contributed by atoms with E-state index in [0.717, 1.165) is 18.7 Å². The third-order valence-corrected chi connectivity index (χ3v) is 4.84. The summed E-state index contributed by atoms with van der Waals surface area (Å²) < 4.78 is 10.9. The minimum atomic E-state index is 0. The molecule has 0 bridgehead atoms. The molecule has 0 saturated carbocycles. The molecule has 8 heteroatoms. The maximum atomic E-state index is 12.6. The molecule has 0 atom stereocenters. The number of rotatable bonds is 6.